The Hall–Kier alpha value is -3.26. The molecule has 0 bridgehead atoms. The zero-order valence-corrected chi connectivity index (χ0v) is 24.9. The first-order valence-corrected chi connectivity index (χ1v) is 15.8. The Labute approximate surface area is 242 Å². The van der Waals surface area contributed by atoms with Crippen molar-refractivity contribution in [1.82, 2.24) is 24.4 Å². The average Bonchev–Trinajstić information content (AvgIpc) is 2.88. The third kappa shape index (κ3) is 6.54. The maximum absolute atomic E-state index is 15.1. The van der Waals surface area contributed by atoms with Gasteiger partial charge in [-0.2, -0.15) is 4.98 Å². The number of hydrogen-bond acceptors (Lipinski definition) is 8. The Kier molecular flexibility index (Phi) is 8.23. The summed E-state index contributed by atoms with van der Waals surface area (Å²) in [5, 5.41) is 3.39. The number of aromatic nitrogens is 4. The molecule has 0 aliphatic heterocycles. The van der Waals surface area contributed by atoms with E-state index < -0.39 is 51.8 Å². The van der Waals surface area contributed by atoms with E-state index in [2.05, 4.69) is 44.0 Å². The lowest BCUT2D eigenvalue weighted by Gasteiger charge is -2.34. The molecule has 2 heterocycles. The first kappa shape index (κ1) is 30.2. The lowest BCUT2D eigenvalue weighted by atomic mass is 9.83. The fourth-order valence-corrected chi connectivity index (χ4v) is 7.26. The molecule has 1 aromatic carbocycles. The van der Waals surface area contributed by atoms with Gasteiger partial charge in [-0.1, -0.05) is 6.07 Å². The molecule has 2 aliphatic rings. The molecule has 0 atom stereocenters. The molecule has 0 saturated heterocycles. The smallest absolute Gasteiger partial charge is 0.278 e. The van der Waals surface area contributed by atoms with Crippen molar-refractivity contribution < 1.29 is 21.6 Å². The maximum atomic E-state index is 15.1. The van der Waals surface area contributed by atoms with Gasteiger partial charge in [-0.15, -0.1) is 0 Å². The first-order chi connectivity index (χ1) is 19.7. The van der Waals surface area contributed by atoms with Crippen LogP contribution in [0.3, 0.4) is 0 Å². The maximum Gasteiger partial charge on any atom is 0.278 e. The van der Waals surface area contributed by atoms with Gasteiger partial charge in [-0.3, -0.25) is 14.1 Å². The largest absolute Gasteiger partial charge is 0.351 e. The molecule has 2 fully saturated rings. The third-order valence-electron chi connectivity index (χ3n) is 8.05. The Balaban J connectivity index is 1.38. The van der Waals surface area contributed by atoms with Crippen LogP contribution in [-0.2, 0) is 10.0 Å². The van der Waals surface area contributed by atoms with E-state index in [9.17, 15) is 22.0 Å². The summed E-state index contributed by atoms with van der Waals surface area (Å²) in [6.45, 7) is 3.66. The van der Waals surface area contributed by atoms with Crippen molar-refractivity contribution in [2.24, 2.45) is 5.92 Å². The molecule has 10 nitrogen and oxygen atoms in total. The van der Waals surface area contributed by atoms with E-state index >= 15 is 4.39 Å². The zero-order valence-electron chi connectivity index (χ0n) is 24.1. The van der Waals surface area contributed by atoms with Gasteiger partial charge in [0.1, 0.15) is 17.0 Å². The fraction of sp³-hybridized carbons (Fsp3) is 0.571. The quantitative estimate of drug-likeness (QED) is 0.361. The summed E-state index contributed by atoms with van der Waals surface area (Å²) in [6, 6.07) is 4.08. The SMILES string of the molecule is CC(C)n1c(=O)c(-c2ccc(NS(=O)(=O)CC3CC(F)(F)C3)c(F)c2)nc2cnc(N[C@H]3CC[C@H](N(C)C)CC3)nc21. The third-order valence-corrected chi connectivity index (χ3v) is 9.49. The van der Waals surface area contributed by atoms with E-state index in [1.165, 1.54) is 22.9 Å². The highest BCUT2D eigenvalue weighted by Gasteiger charge is 2.46. The fourth-order valence-electron chi connectivity index (χ4n) is 5.82. The Morgan fingerprint density at radius 1 is 1.12 bits per heavy atom. The number of fused-ring (bicyclic) bond motifs is 1. The van der Waals surface area contributed by atoms with Crippen LogP contribution in [0.4, 0.5) is 24.8 Å². The Bertz CT molecular complexity index is 1630. The number of hydrogen-bond donors (Lipinski definition) is 2. The van der Waals surface area contributed by atoms with Crippen LogP contribution in [0.5, 0.6) is 0 Å². The number of nitrogens with one attached hydrogen (secondary N) is 2. The molecule has 0 unspecified atom stereocenters. The molecule has 2 saturated carbocycles. The summed E-state index contributed by atoms with van der Waals surface area (Å²) in [6.07, 6.45) is 4.60. The molecule has 0 radical (unpaired) electrons. The van der Waals surface area contributed by atoms with Gasteiger partial charge in [0, 0.05) is 36.5 Å². The van der Waals surface area contributed by atoms with Crippen molar-refractivity contribution in [3.63, 3.8) is 0 Å². The molecule has 2 aliphatic carbocycles. The van der Waals surface area contributed by atoms with Crippen LogP contribution in [-0.4, -0.2) is 70.7 Å². The van der Waals surface area contributed by atoms with Crippen molar-refractivity contribution in [3.05, 3.63) is 40.6 Å². The van der Waals surface area contributed by atoms with E-state index in [-0.39, 0.29) is 29.0 Å². The summed E-state index contributed by atoms with van der Waals surface area (Å²) in [7, 11) is 0.127. The highest BCUT2D eigenvalue weighted by molar-refractivity contribution is 7.92. The summed E-state index contributed by atoms with van der Waals surface area (Å²) < 4.78 is 69.7. The number of rotatable bonds is 9. The van der Waals surface area contributed by atoms with Gasteiger partial charge in [0.15, 0.2) is 5.65 Å². The topological polar surface area (TPSA) is 122 Å². The molecule has 42 heavy (non-hydrogen) atoms. The number of sulfonamides is 1. The van der Waals surface area contributed by atoms with E-state index in [1.54, 1.807) is 0 Å². The van der Waals surface area contributed by atoms with Crippen LogP contribution in [0.2, 0.25) is 0 Å². The molecule has 0 amide bonds. The van der Waals surface area contributed by atoms with Gasteiger partial charge < -0.3 is 10.2 Å². The summed E-state index contributed by atoms with van der Waals surface area (Å²) in [4.78, 5) is 29.3. The number of alkyl halides is 2. The molecule has 228 valence electrons. The van der Waals surface area contributed by atoms with Crippen molar-refractivity contribution in [2.45, 2.75) is 76.4 Å². The zero-order chi connectivity index (χ0) is 30.4. The van der Waals surface area contributed by atoms with Crippen molar-refractivity contribution in [1.29, 1.82) is 0 Å². The van der Waals surface area contributed by atoms with Crippen molar-refractivity contribution >= 4 is 32.8 Å². The van der Waals surface area contributed by atoms with E-state index in [0.717, 1.165) is 31.7 Å². The van der Waals surface area contributed by atoms with Crippen LogP contribution >= 0.6 is 0 Å². The number of anilines is 2. The van der Waals surface area contributed by atoms with E-state index in [0.29, 0.717) is 23.2 Å². The first-order valence-electron chi connectivity index (χ1n) is 14.1. The molecule has 3 aromatic rings. The van der Waals surface area contributed by atoms with Gasteiger partial charge in [0.2, 0.25) is 21.9 Å². The average molecular weight is 608 g/mol. The summed E-state index contributed by atoms with van der Waals surface area (Å²) in [5.74, 6) is -4.58. The van der Waals surface area contributed by atoms with Gasteiger partial charge in [-0.25, -0.2) is 31.6 Å². The second-order valence-electron chi connectivity index (χ2n) is 12.0. The molecular formula is C28H36F3N7O3S. The second kappa shape index (κ2) is 11.4. The molecule has 2 aromatic heterocycles. The molecule has 5 rings (SSSR count). The summed E-state index contributed by atoms with van der Waals surface area (Å²) >= 11 is 0. The van der Waals surface area contributed by atoms with Gasteiger partial charge in [0.25, 0.3) is 5.56 Å². The number of nitrogens with zero attached hydrogens (tertiary/aromatic N) is 5. The van der Waals surface area contributed by atoms with Gasteiger partial charge in [-0.05, 0) is 71.7 Å². The van der Waals surface area contributed by atoms with Crippen LogP contribution in [0, 0.1) is 11.7 Å². The molecule has 14 heteroatoms. The van der Waals surface area contributed by atoms with Crippen LogP contribution < -0.4 is 15.6 Å². The van der Waals surface area contributed by atoms with Crippen LogP contribution in [0.1, 0.15) is 58.4 Å². The monoisotopic (exact) mass is 607 g/mol. The minimum absolute atomic E-state index is 0.0347. The minimum Gasteiger partial charge on any atom is -0.351 e. The predicted molar refractivity (Wildman–Crippen MR) is 156 cm³/mol. The highest BCUT2D eigenvalue weighted by Crippen LogP contribution is 2.43. The Morgan fingerprint density at radius 2 is 1.81 bits per heavy atom. The number of benzene rings is 1. The standard InChI is InChI=1S/C28H36F3N7O3S/c1-16(2)38-25-23(14-32-27(35-25)33-19-6-8-20(9-7-19)37(3)4)34-24(26(38)39)18-5-10-22(21(29)11-18)36-42(40,41)15-17-12-28(30,31)13-17/h5,10-11,14,16-17,19-20,36H,6-9,12-13,15H2,1-4H3,(H,32,33,35)/t19-,20-. The molecule has 0 spiro atoms. The van der Waals surface area contributed by atoms with Crippen LogP contribution in [0.15, 0.2) is 29.2 Å². The lowest BCUT2D eigenvalue weighted by Crippen LogP contribution is -2.40. The summed E-state index contributed by atoms with van der Waals surface area (Å²) in [5.41, 5.74) is -0.00387. The minimum atomic E-state index is -4.05. The number of halogens is 3. The van der Waals surface area contributed by atoms with Crippen molar-refractivity contribution in [2.75, 3.05) is 29.9 Å². The highest BCUT2D eigenvalue weighted by atomic mass is 32.2. The van der Waals surface area contributed by atoms with E-state index in [4.69, 9.17) is 0 Å². The van der Waals surface area contributed by atoms with Gasteiger partial charge in [0.05, 0.1) is 17.6 Å². The van der Waals surface area contributed by atoms with Gasteiger partial charge >= 0.3 is 0 Å². The molecule has 2 N–H and O–H groups in total. The Morgan fingerprint density at radius 3 is 2.40 bits per heavy atom. The lowest BCUT2D eigenvalue weighted by molar-refractivity contribution is -0.103. The second-order valence-corrected chi connectivity index (χ2v) is 13.7. The van der Waals surface area contributed by atoms with Crippen LogP contribution in [0.25, 0.3) is 22.4 Å². The predicted octanol–water partition coefficient (Wildman–Crippen LogP) is 4.65. The van der Waals surface area contributed by atoms with E-state index in [1.807, 2.05) is 13.8 Å². The molecular weight excluding hydrogens is 571 g/mol. The normalized spacial score (nSPS) is 21.1. The van der Waals surface area contributed by atoms with Crippen molar-refractivity contribution in [3.8, 4) is 11.3 Å².